The molecule has 0 amide bonds. The number of ether oxygens (including phenoxy) is 1. The molecule has 0 bridgehead atoms. The van der Waals surface area contributed by atoms with Crippen LogP contribution in [0, 0.1) is 5.41 Å². The molecule has 21 heavy (non-hydrogen) atoms. The fourth-order valence-corrected chi connectivity index (χ4v) is 2.24. The fraction of sp³-hybridized carbons (Fsp3) is 0.278. The van der Waals surface area contributed by atoms with E-state index in [9.17, 15) is 0 Å². The topological polar surface area (TPSA) is 59.1 Å². The van der Waals surface area contributed by atoms with Gasteiger partial charge in [-0.2, -0.15) is 0 Å². The second-order valence-corrected chi connectivity index (χ2v) is 5.04. The lowest BCUT2D eigenvalue weighted by Gasteiger charge is -2.10. The number of rotatable bonds is 7. The van der Waals surface area contributed by atoms with Crippen molar-refractivity contribution in [1.29, 1.82) is 5.41 Å². The van der Waals surface area contributed by atoms with Crippen molar-refractivity contribution in [1.82, 2.24) is 0 Å². The fourth-order valence-electron chi connectivity index (χ4n) is 2.24. The third-order valence-electron chi connectivity index (χ3n) is 3.40. The zero-order valence-electron chi connectivity index (χ0n) is 12.4. The van der Waals surface area contributed by atoms with Crippen molar-refractivity contribution in [2.45, 2.75) is 26.2 Å². The van der Waals surface area contributed by atoms with Crippen LogP contribution in [-0.4, -0.2) is 12.4 Å². The van der Waals surface area contributed by atoms with Gasteiger partial charge in [-0.05, 0) is 29.7 Å². The maximum Gasteiger partial charge on any atom is 0.123 e. The summed E-state index contributed by atoms with van der Waals surface area (Å²) >= 11 is 0. The molecule has 0 atom stereocenters. The van der Waals surface area contributed by atoms with Gasteiger partial charge in [0.05, 0.1) is 6.61 Å². The van der Waals surface area contributed by atoms with Gasteiger partial charge in [-0.15, -0.1) is 0 Å². The first kappa shape index (κ1) is 15.1. The lowest BCUT2D eigenvalue weighted by Crippen LogP contribution is -2.12. The molecule has 3 nitrogen and oxygen atoms in total. The number of nitrogens with two attached hydrogens (primary N) is 1. The van der Waals surface area contributed by atoms with E-state index in [1.807, 2.05) is 48.5 Å². The second kappa shape index (κ2) is 7.48. The van der Waals surface area contributed by atoms with Crippen molar-refractivity contribution >= 4 is 5.84 Å². The van der Waals surface area contributed by atoms with Crippen LogP contribution < -0.4 is 10.5 Å². The minimum absolute atomic E-state index is 0.0884. The molecule has 2 aromatic rings. The molecular weight excluding hydrogens is 260 g/mol. The van der Waals surface area contributed by atoms with E-state index in [1.54, 1.807) is 0 Å². The minimum atomic E-state index is 0.0884. The summed E-state index contributed by atoms with van der Waals surface area (Å²) in [6, 6.07) is 15.7. The second-order valence-electron chi connectivity index (χ2n) is 5.04. The average Bonchev–Trinajstić information content (AvgIpc) is 2.52. The van der Waals surface area contributed by atoms with E-state index in [1.165, 1.54) is 12.8 Å². The summed E-state index contributed by atoms with van der Waals surface area (Å²) in [7, 11) is 0. The Hall–Kier alpha value is -2.29. The maximum atomic E-state index is 7.65. The van der Waals surface area contributed by atoms with Crippen LogP contribution >= 0.6 is 0 Å². The molecule has 0 aromatic heterocycles. The molecule has 0 aliphatic carbocycles. The summed E-state index contributed by atoms with van der Waals surface area (Å²) in [6.45, 7) is 2.94. The number of nitrogen functional groups attached to an aromatic ring is 1. The molecular formula is C18H22N2O. The quantitative estimate of drug-likeness (QED) is 0.454. The summed E-state index contributed by atoms with van der Waals surface area (Å²) in [6.07, 6.45) is 3.49. The molecule has 0 saturated heterocycles. The molecule has 2 rings (SSSR count). The number of amidine groups is 1. The standard InChI is InChI=1S/C18H22N2O/c1-2-3-6-13-21-15-11-9-14(10-12-15)16-7-4-5-8-17(16)18(19)20/h4-5,7-12H,2-3,6,13H2,1H3,(H3,19,20). The van der Waals surface area contributed by atoms with Crippen molar-refractivity contribution in [3.05, 3.63) is 54.1 Å². The van der Waals surface area contributed by atoms with E-state index in [-0.39, 0.29) is 5.84 Å². The summed E-state index contributed by atoms with van der Waals surface area (Å²) < 4.78 is 5.71. The molecule has 0 saturated carbocycles. The van der Waals surface area contributed by atoms with E-state index in [4.69, 9.17) is 15.9 Å². The van der Waals surface area contributed by atoms with E-state index in [2.05, 4.69) is 6.92 Å². The molecule has 2 aromatic carbocycles. The van der Waals surface area contributed by atoms with Crippen LogP contribution in [0.1, 0.15) is 31.7 Å². The normalized spacial score (nSPS) is 10.3. The van der Waals surface area contributed by atoms with Crippen LogP contribution in [0.4, 0.5) is 0 Å². The third-order valence-corrected chi connectivity index (χ3v) is 3.40. The highest BCUT2D eigenvalue weighted by Crippen LogP contribution is 2.25. The van der Waals surface area contributed by atoms with Crippen LogP contribution in [0.2, 0.25) is 0 Å². The Morgan fingerprint density at radius 3 is 2.43 bits per heavy atom. The molecule has 0 unspecified atom stereocenters. The van der Waals surface area contributed by atoms with Crippen molar-refractivity contribution in [3.8, 4) is 16.9 Å². The molecule has 0 heterocycles. The molecule has 0 fully saturated rings. The highest BCUT2D eigenvalue weighted by molar-refractivity contribution is 6.01. The van der Waals surface area contributed by atoms with Crippen LogP contribution in [0.5, 0.6) is 5.75 Å². The summed E-state index contributed by atoms with van der Waals surface area (Å²) in [5.41, 5.74) is 8.41. The lowest BCUT2D eigenvalue weighted by atomic mass is 9.99. The lowest BCUT2D eigenvalue weighted by molar-refractivity contribution is 0.306. The Bertz CT molecular complexity index is 590. The molecule has 110 valence electrons. The SMILES string of the molecule is CCCCCOc1ccc(-c2ccccc2C(=N)N)cc1. The Kier molecular flexibility index (Phi) is 5.38. The van der Waals surface area contributed by atoms with Gasteiger partial charge in [0.15, 0.2) is 0 Å². The Labute approximate surface area is 126 Å². The predicted octanol–water partition coefficient (Wildman–Crippen LogP) is 4.21. The van der Waals surface area contributed by atoms with Gasteiger partial charge in [0.2, 0.25) is 0 Å². The van der Waals surface area contributed by atoms with Crippen molar-refractivity contribution in [2.75, 3.05) is 6.61 Å². The molecule has 0 aliphatic heterocycles. The van der Waals surface area contributed by atoms with E-state index in [0.717, 1.165) is 35.5 Å². The van der Waals surface area contributed by atoms with E-state index >= 15 is 0 Å². The van der Waals surface area contributed by atoms with Crippen LogP contribution in [0.25, 0.3) is 11.1 Å². The van der Waals surface area contributed by atoms with Crippen LogP contribution in [0.3, 0.4) is 0 Å². The van der Waals surface area contributed by atoms with Crippen molar-refractivity contribution < 1.29 is 4.74 Å². The van der Waals surface area contributed by atoms with Gasteiger partial charge in [0.25, 0.3) is 0 Å². The largest absolute Gasteiger partial charge is 0.494 e. The first-order chi connectivity index (χ1) is 10.2. The zero-order chi connectivity index (χ0) is 15.1. The monoisotopic (exact) mass is 282 g/mol. The van der Waals surface area contributed by atoms with Crippen molar-refractivity contribution in [3.63, 3.8) is 0 Å². The van der Waals surface area contributed by atoms with Crippen molar-refractivity contribution in [2.24, 2.45) is 5.73 Å². The predicted molar refractivity (Wildman–Crippen MR) is 87.9 cm³/mol. The van der Waals surface area contributed by atoms with Gasteiger partial charge >= 0.3 is 0 Å². The molecule has 3 heteroatoms. The Balaban J connectivity index is 2.10. The average molecular weight is 282 g/mol. The molecule has 3 N–H and O–H groups in total. The first-order valence-electron chi connectivity index (χ1n) is 7.39. The number of benzene rings is 2. The highest BCUT2D eigenvalue weighted by atomic mass is 16.5. The van der Waals surface area contributed by atoms with Crippen LogP contribution in [-0.2, 0) is 0 Å². The summed E-state index contributed by atoms with van der Waals surface area (Å²) in [4.78, 5) is 0. The van der Waals surface area contributed by atoms with Gasteiger partial charge in [0, 0.05) is 5.56 Å². The Morgan fingerprint density at radius 2 is 1.76 bits per heavy atom. The van der Waals surface area contributed by atoms with Crippen LogP contribution in [0.15, 0.2) is 48.5 Å². The zero-order valence-corrected chi connectivity index (χ0v) is 12.4. The number of hydrogen-bond acceptors (Lipinski definition) is 2. The molecule has 0 radical (unpaired) electrons. The molecule has 0 aliphatic rings. The summed E-state index contributed by atoms with van der Waals surface area (Å²) in [5, 5.41) is 7.65. The summed E-state index contributed by atoms with van der Waals surface area (Å²) in [5.74, 6) is 0.973. The van der Waals surface area contributed by atoms with Gasteiger partial charge in [-0.3, -0.25) is 5.41 Å². The number of unbranched alkanes of at least 4 members (excludes halogenated alkanes) is 2. The molecule has 0 spiro atoms. The number of hydrogen-bond donors (Lipinski definition) is 2. The maximum absolute atomic E-state index is 7.65. The van der Waals surface area contributed by atoms with Gasteiger partial charge in [-0.1, -0.05) is 56.2 Å². The number of nitrogens with one attached hydrogen (secondary N) is 1. The highest BCUT2D eigenvalue weighted by Gasteiger charge is 2.06. The van der Waals surface area contributed by atoms with Gasteiger partial charge < -0.3 is 10.5 Å². The van der Waals surface area contributed by atoms with Gasteiger partial charge in [0.1, 0.15) is 11.6 Å². The Morgan fingerprint density at radius 1 is 1.05 bits per heavy atom. The third kappa shape index (κ3) is 4.09. The first-order valence-corrected chi connectivity index (χ1v) is 7.39. The minimum Gasteiger partial charge on any atom is -0.494 e. The van der Waals surface area contributed by atoms with Gasteiger partial charge in [-0.25, -0.2) is 0 Å². The smallest absolute Gasteiger partial charge is 0.123 e. The van der Waals surface area contributed by atoms with E-state index < -0.39 is 0 Å². The van der Waals surface area contributed by atoms with E-state index in [0.29, 0.717) is 0 Å².